The van der Waals surface area contributed by atoms with E-state index in [1.807, 2.05) is 6.92 Å². The third-order valence-corrected chi connectivity index (χ3v) is 4.27. The van der Waals surface area contributed by atoms with Crippen LogP contribution in [0.5, 0.6) is 0 Å². The Kier molecular flexibility index (Phi) is 5.06. The first-order valence-electron chi connectivity index (χ1n) is 6.59. The number of carbonyl (C=O) groups is 2. The summed E-state index contributed by atoms with van der Waals surface area (Å²) in [7, 11) is 0. The van der Waals surface area contributed by atoms with Crippen LogP contribution < -0.4 is 5.32 Å². The van der Waals surface area contributed by atoms with Crippen LogP contribution in [-0.4, -0.2) is 45.7 Å². The molecule has 1 aromatic carbocycles. The van der Waals surface area contributed by atoms with Gasteiger partial charge in [-0.05, 0) is 31.0 Å². The van der Waals surface area contributed by atoms with Gasteiger partial charge in [0.05, 0.1) is 5.88 Å². The molecule has 2 atom stereocenters. The van der Waals surface area contributed by atoms with Gasteiger partial charge < -0.3 is 15.3 Å². The zero-order chi connectivity index (χ0) is 15.4. The molecular formula is C14H17FN2O3S. The van der Waals surface area contributed by atoms with Crippen LogP contribution in [0.2, 0.25) is 0 Å². The highest BCUT2D eigenvalue weighted by molar-refractivity contribution is 7.99. The third-order valence-electron chi connectivity index (χ3n) is 3.25. The molecule has 0 aromatic heterocycles. The number of benzene rings is 1. The number of carbonyl (C=O) groups excluding carboxylic acids is 1. The van der Waals surface area contributed by atoms with Crippen molar-refractivity contribution in [3.63, 3.8) is 0 Å². The Morgan fingerprint density at radius 1 is 1.48 bits per heavy atom. The molecule has 0 radical (unpaired) electrons. The van der Waals surface area contributed by atoms with Crippen LogP contribution in [0.25, 0.3) is 0 Å². The minimum atomic E-state index is -0.985. The molecular weight excluding hydrogens is 295 g/mol. The largest absolute Gasteiger partial charge is 0.480 e. The van der Waals surface area contributed by atoms with Crippen molar-refractivity contribution in [1.29, 1.82) is 0 Å². The Labute approximate surface area is 126 Å². The maximum absolute atomic E-state index is 12.8. The molecule has 0 saturated carbocycles. The minimum absolute atomic E-state index is 0.164. The van der Waals surface area contributed by atoms with Crippen molar-refractivity contribution in [2.75, 3.05) is 11.6 Å². The van der Waals surface area contributed by atoms with Gasteiger partial charge in [-0.3, -0.25) is 0 Å². The predicted molar refractivity (Wildman–Crippen MR) is 78.7 cm³/mol. The van der Waals surface area contributed by atoms with Gasteiger partial charge in [-0.2, -0.15) is 0 Å². The Morgan fingerprint density at radius 2 is 2.14 bits per heavy atom. The standard InChI is InChI=1S/C14H17FN2O3S/c1-9(6-10-2-4-11(15)5-3-10)16-14(20)17-8-21-7-12(17)13(18)19/h2-5,9,12H,6-8H2,1H3,(H,16,20)(H,18,19). The number of carboxylic acid groups (broad SMARTS) is 1. The molecule has 1 saturated heterocycles. The van der Waals surface area contributed by atoms with Gasteiger partial charge in [0.25, 0.3) is 0 Å². The van der Waals surface area contributed by atoms with E-state index in [0.29, 0.717) is 18.1 Å². The Balaban J connectivity index is 1.90. The number of aliphatic carboxylic acids is 1. The number of amides is 2. The second-order valence-electron chi connectivity index (χ2n) is 5.00. The van der Waals surface area contributed by atoms with Gasteiger partial charge in [0.2, 0.25) is 0 Å². The first kappa shape index (κ1) is 15.6. The Morgan fingerprint density at radius 3 is 2.76 bits per heavy atom. The van der Waals surface area contributed by atoms with E-state index < -0.39 is 12.0 Å². The highest BCUT2D eigenvalue weighted by Gasteiger charge is 2.34. The van der Waals surface area contributed by atoms with E-state index in [2.05, 4.69) is 5.32 Å². The fraction of sp³-hybridized carbons (Fsp3) is 0.429. The van der Waals surface area contributed by atoms with E-state index in [1.54, 1.807) is 12.1 Å². The van der Waals surface area contributed by atoms with Gasteiger partial charge in [0, 0.05) is 11.8 Å². The number of rotatable bonds is 4. The molecule has 114 valence electrons. The molecule has 2 amide bonds. The summed E-state index contributed by atoms with van der Waals surface area (Å²) in [5, 5.41) is 11.8. The van der Waals surface area contributed by atoms with Gasteiger partial charge in [-0.15, -0.1) is 11.8 Å². The number of hydrogen-bond donors (Lipinski definition) is 2. The summed E-state index contributed by atoms with van der Waals surface area (Å²) < 4.78 is 12.8. The third kappa shape index (κ3) is 4.10. The molecule has 2 rings (SSSR count). The smallest absolute Gasteiger partial charge is 0.327 e. The summed E-state index contributed by atoms with van der Waals surface area (Å²) in [4.78, 5) is 24.5. The number of hydrogen-bond acceptors (Lipinski definition) is 3. The van der Waals surface area contributed by atoms with Crippen LogP contribution in [-0.2, 0) is 11.2 Å². The Hall–Kier alpha value is -1.76. The molecule has 2 unspecified atom stereocenters. The van der Waals surface area contributed by atoms with Crippen LogP contribution in [0, 0.1) is 5.82 Å². The summed E-state index contributed by atoms with van der Waals surface area (Å²) in [5.41, 5.74) is 0.912. The minimum Gasteiger partial charge on any atom is -0.480 e. The second-order valence-corrected chi connectivity index (χ2v) is 6.00. The molecule has 1 aliphatic rings. The summed E-state index contributed by atoms with van der Waals surface area (Å²) in [6.07, 6.45) is 0.560. The SMILES string of the molecule is CC(Cc1ccc(F)cc1)NC(=O)N1CSCC1C(=O)O. The molecule has 7 heteroatoms. The fourth-order valence-corrected chi connectivity index (χ4v) is 3.31. The lowest BCUT2D eigenvalue weighted by molar-refractivity contribution is -0.140. The second kappa shape index (κ2) is 6.80. The molecule has 1 heterocycles. The van der Waals surface area contributed by atoms with Crippen LogP contribution in [0.15, 0.2) is 24.3 Å². The van der Waals surface area contributed by atoms with Crippen LogP contribution in [0.4, 0.5) is 9.18 Å². The maximum atomic E-state index is 12.8. The molecule has 0 aliphatic carbocycles. The number of carboxylic acids is 1. The van der Waals surface area contributed by atoms with Crippen LogP contribution in [0.1, 0.15) is 12.5 Å². The summed E-state index contributed by atoms with van der Waals surface area (Å²) >= 11 is 1.42. The van der Waals surface area contributed by atoms with Crippen LogP contribution in [0.3, 0.4) is 0 Å². The lowest BCUT2D eigenvalue weighted by Gasteiger charge is -2.23. The molecule has 2 N–H and O–H groups in total. The zero-order valence-corrected chi connectivity index (χ0v) is 12.4. The molecule has 0 spiro atoms. The number of thioether (sulfide) groups is 1. The molecule has 1 aromatic rings. The zero-order valence-electron chi connectivity index (χ0n) is 11.6. The number of urea groups is 1. The van der Waals surface area contributed by atoms with Crippen molar-refractivity contribution < 1.29 is 19.1 Å². The van der Waals surface area contributed by atoms with Crippen molar-refractivity contribution in [1.82, 2.24) is 10.2 Å². The van der Waals surface area contributed by atoms with Gasteiger partial charge in [0.15, 0.2) is 0 Å². The predicted octanol–water partition coefficient (Wildman–Crippen LogP) is 1.93. The lowest BCUT2D eigenvalue weighted by atomic mass is 10.1. The highest BCUT2D eigenvalue weighted by atomic mass is 32.2. The maximum Gasteiger partial charge on any atom is 0.327 e. The van der Waals surface area contributed by atoms with Crippen molar-refractivity contribution in [2.45, 2.75) is 25.4 Å². The summed E-state index contributed by atoms with van der Waals surface area (Å²) in [5.74, 6) is -0.489. The normalized spacial score (nSPS) is 19.3. The van der Waals surface area contributed by atoms with E-state index in [9.17, 15) is 14.0 Å². The Bertz CT molecular complexity index is 523. The topological polar surface area (TPSA) is 69.6 Å². The fourth-order valence-electron chi connectivity index (χ4n) is 2.17. The van der Waals surface area contributed by atoms with Gasteiger partial charge in [-0.1, -0.05) is 12.1 Å². The van der Waals surface area contributed by atoms with Crippen molar-refractivity contribution in [2.24, 2.45) is 0 Å². The first-order chi connectivity index (χ1) is 9.97. The average molecular weight is 312 g/mol. The van der Waals surface area contributed by atoms with E-state index in [4.69, 9.17) is 5.11 Å². The van der Waals surface area contributed by atoms with Crippen LogP contribution >= 0.6 is 11.8 Å². The monoisotopic (exact) mass is 312 g/mol. The van der Waals surface area contributed by atoms with Crippen molar-refractivity contribution in [3.8, 4) is 0 Å². The van der Waals surface area contributed by atoms with Crippen molar-refractivity contribution >= 4 is 23.8 Å². The van der Waals surface area contributed by atoms with E-state index in [0.717, 1.165) is 5.56 Å². The summed E-state index contributed by atoms with van der Waals surface area (Å²) in [6.45, 7) is 1.83. The molecule has 1 aliphatic heterocycles. The molecule has 1 fully saturated rings. The number of halogens is 1. The quantitative estimate of drug-likeness (QED) is 0.891. The highest BCUT2D eigenvalue weighted by Crippen LogP contribution is 2.21. The molecule has 5 nitrogen and oxygen atoms in total. The number of nitrogens with zero attached hydrogens (tertiary/aromatic N) is 1. The van der Waals surface area contributed by atoms with Crippen molar-refractivity contribution in [3.05, 3.63) is 35.6 Å². The van der Waals surface area contributed by atoms with E-state index in [1.165, 1.54) is 28.8 Å². The molecule has 21 heavy (non-hydrogen) atoms. The lowest BCUT2D eigenvalue weighted by Crippen LogP contribution is -2.49. The number of nitrogens with one attached hydrogen (secondary N) is 1. The van der Waals surface area contributed by atoms with Gasteiger partial charge in [0.1, 0.15) is 11.9 Å². The molecule has 0 bridgehead atoms. The average Bonchev–Trinajstić information content (AvgIpc) is 2.91. The van der Waals surface area contributed by atoms with Gasteiger partial charge >= 0.3 is 12.0 Å². The van der Waals surface area contributed by atoms with Gasteiger partial charge in [-0.25, -0.2) is 14.0 Å². The van der Waals surface area contributed by atoms with E-state index in [-0.39, 0.29) is 17.9 Å². The first-order valence-corrected chi connectivity index (χ1v) is 7.75. The summed E-state index contributed by atoms with van der Waals surface area (Å²) in [6, 6.07) is 4.79. The van der Waals surface area contributed by atoms with E-state index >= 15 is 0 Å².